The number of hydrogen-bond acceptors (Lipinski definition) is 5. The van der Waals surface area contributed by atoms with Crippen molar-refractivity contribution < 1.29 is 4.74 Å². The van der Waals surface area contributed by atoms with E-state index in [-0.39, 0.29) is 0 Å². The first-order chi connectivity index (χ1) is 8.31. The third-order valence-corrected chi connectivity index (χ3v) is 3.95. The van der Waals surface area contributed by atoms with Gasteiger partial charge in [-0.15, -0.1) is 0 Å². The summed E-state index contributed by atoms with van der Waals surface area (Å²) in [5.74, 6) is 0.618. The number of anilines is 2. The minimum Gasteiger partial charge on any atom is -0.399 e. The van der Waals surface area contributed by atoms with E-state index in [1.165, 1.54) is 0 Å². The maximum Gasteiger partial charge on any atom is 0.183 e. The number of rotatable bonds is 3. The Morgan fingerprint density at radius 2 is 2.47 bits per heavy atom. The van der Waals surface area contributed by atoms with E-state index in [1.807, 2.05) is 18.2 Å². The Morgan fingerprint density at radius 1 is 1.53 bits per heavy atom. The summed E-state index contributed by atoms with van der Waals surface area (Å²) < 4.78 is 6.48. The van der Waals surface area contributed by atoms with Gasteiger partial charge in [-0.25, -0.2) is 4.98 Å². The fourth-order valence-corrected chi connectivity index (χ4v) is 2.91. The number of aromatic nitrogens is 1. The van der Waals surface area contributed by atoms with Crippen molar-refractivity contribution in [3.63, 3.8) is 0 Å². The second-order valence-corrected chi connectivity index (χ2v) is 5.39. The average Bonchev–Trinajstić information content (AvgIpc) is 2.94. The van der Waals surface area contributed by atoms with Crippen LogP contribution >= 0.6 is 11.3 Å². The molecule has 0 bridgehead atoms. The van der Waals surface area contributed by atoms with Crippen LogP contribution in [0.5, 0.6) is 0 Å². The predicted octanol–water partition coefficient (Wildman–Crippen LogP) is 2.33. The smallest absolute Gasteiger partial charge is 0.183 e. The van der Waals surface area contributed by atoms with Crippen LogP contribution in [0.25, 0.3) is 10.2 Å². The molecule has 1 aromatic heterocycles. The molecule has 0 saturated carbocycles. The summed E-state index contributed by atoms with van der Waals surface area (Å²) in [6, 6.07) is 5.82. The summed E-state index contributed by atoms with van der Waals surface area (Å²) in [7, 11) is 0. The molecule has 0 radical (unpaired) electrons. The molecule has 1 atom stereocenters. The fraction of sp³-hybridized carbons (Fsp3) is 0.417. The van der Waals surface area contributed by atoms with Crippen LogP contribution in [0.3, 0.4) is 0 Å². The molecule has 3 N–H and O–H groups in total. The average molecular weight is 249 g/mol. The van der Waals surface area contributed by atoms with Crippen molar-refractivity contribution in [2.75, 3.05) is 30.8 Å². The second-order valence-electron chi connectivity index (χ2n) is 4.36. The molecule has 1 aliphatic heterocycles. The molecule has 17 heavy (non-hydrogen) atoms. The first kappa shape index (κ1) is 10.8. The lowest BCUT2D eigenvalue weighted by Crippen LogP contribution is -2.13. The fourth-order valence-electron chi connectivity index (χ4n) is 1.99. The van der Waals surface area contributed by atoms with E-state index in [0.29, 0.717) is 5.92 Å². The van der Waals surface area contributed by atoms with Crippen molar-refractivity contribution in [2.45, 2.75) is 6.42 Å². The van der Waals surface area contributed by atoms with Gasteiger partial charge in [-0.1, -0.05) is 11.3 Å². The van der Waals surface area contributed by atoms with Gasteiger partial charge in [0, 0.05) is 24.8 Å². The minimum absolute atomic E-state index is 0.618. The van der Waals surface area contributed by atoms with Gasteiger partial charge in [-0.05, 0) is 24.6 Å². The summed E-state index contributed by atoms with van der Waals surface area (Å²) in [5, 5.41) is 4.35. The molecule has 1 fully saturated rings. The highest BCUT2D eigenvalue weighted by atomic mass is 32.1. The highest BCUT2D eigenvalue weighted by Crippen LogP contribution is 2.27. The van der Waals surface area contributed by atoms with Crippen molar-refractivity contribution in [1.29, 1.82) is 0 Å². The zero-order chi connectivity index (χ0) is 11.7. The van der Waals surface area contributed by atoms with Crippen LogP contribution in [0.15, 0.2) is 18.2 Å². The second kappa shape index (κ2) is 4.50. The number of fused-ring (bicyclic) bond motifs is 1. The summed E-state index contributed by atoms with van der Waals surface area (Å²) >= 11 is 1.65. The van der Waals surface area contributed by atoms with Gasteiger partial charge in [-0.2, -0.15) is 0 Å². The van der Waals surface area contributed by atoms with Crippen molar-refractivity contribution in [3.8, 4) is 0 Å². The monoisotopic (exact) mass is 249 g/mol. The normalized spacial score (nSPS) is 19.9. The van der Waals surface area contributed by atoms with Gasteiger partial charge < -0.3 is 15.8 Å². The number of nitrogens with two attached hydrogens (primary N) is 1. The first-order valence-electron chi connectivity index (χ1n) is 5.79. The van der Waals surface area contributed by atoms with E-state index in [4.69, 9.17) is 10.5 Å². The van der Waals surface area contributed by atoms with Gasteiger partial charge in [-0.3, -0.25) is 0 Å². The van der Waals surface area contributed by atoms with Crippen LogP contribution < -0.4 is 11.1 Å². The molecule has 2 heterocycles. The summed E-state index contributed by atoms with van der Waals surface area (Å²) in [6.45, 7) is 2.70. The SMILES string of the molecule is Nc1ccc2nc(NCC3CCOC3)sc2c1. The Bertz CT molecular complexity index is 519. The van der Waals surface area contributed by atoms with E-state index in [9.17, 15) is 0 Å². The molecule has 5 heteroatoms. The molecule has 3 rings (SSSR count). The molecule has 1 aliphatic rings. The molecule has 1 saturated heterocycles. The van der Waals surface area contributed by atoms with Gasteiger partial charge >= 0.3 is 0 Å². The lowest BCUT2D eigenvalue weighted by molar-refractivity contribution is 0.187. The number of nitrogen functional groups attached to an aromatic ring is 1. The summed E-state index contributed by atoms with van der Waals surface area (Å²) in [4.78, 5) is 4.53. The molecular formula is C12H15N3OS. The van der Waals surface area contributed by atoms with E-state index < -0.39 is 0 Å². The van der Waals surface area contributed by atoms with E-state index in [0.717, 1.165) is 47.2 Å². The standard InChI is InChI=1S/C12H15N3OS/c13-9-1-2-10-11(5-9)17-12(15-10)14-6-8-3-4-16-7-8/h1-2,5,8H,3-4,6-7,13H2,(H,14,15). The molecule has 1 unspecified atom stereocenters. The zero-order valence-corrected chi connectivity index (χ0v) is 10.3. The Morgan fingerprint density at radius 3 is 3.29 bits per heavy atom. The Balaban J connectivity index is 1.72. The lowest BCUT2D eigenvalue weighted by Gasteiger charge is -2.07. The maximum atomic E-state index is 5.75. The van der Waals surface area contributed by atoms with Gasteiger partial charge in [0.05, 0.1) is 16.8 Å². The third kappa shape index (κ3) is 2.35. The van der Waals surface area contributed by atoms with Gasteiger partial charge in [0.25, 0.3) is 0 Å². The van der Waals surface area contributed by atoms with Crippen LogP contribution in [0, 0.1) is 5.92 Å². The largest absolute Gasteiger partial charge is 0.399 e. The number of hydrogen-bond donors (Lipinski definition) is 2. The van der Waals surface area contributed by atoms with Crippen LogP contribution in [-0.2, 0) is 4.74 Å². The van der Waals surface area contributed by atoms with Crippen LogP contribution in [-0.4, -0.2) is 24.7 Å². The number of benzene rings is 1. The quantitative estimate of drug-likeness (QED) is 0.820. The number of ether oxygens (including phenoxy) is 1. The Labute approximate surface area is 104 Å². The van der Waals surface area contributed by atoms with Crippen molar-refractivity contribution in [1.82, 2.24) is 4.98 Å². The lowest BCUT2D eigenvalue weighted by atomic mass is 10.1. The molecule has 90 valence electrons. The Hall–Kier alpha value is -1.33. The van der Waals surface area contributed by atoms with Gasteiger partial charge in [0.1, 0.15) is 0 Å². The molecule has 0 spiro atoms. The molecule has 4 nitrogen and oxygen atoms in total. The minimum atomic E-state index is 0.618. The van der Waals surface area contributed by atoms with Gasteiger partial charge in [0.15, 0.2) is 5.13 Å². The highest BCUT2D eigenvalue weighted by molar-refractivity contribution is 7.22. The van der Waals surface area contributed by atoms with E-state index in [2.05, 4.69) is 10.3 Å². The van der Waals surface area contributed by atoms with Crippen LogP contribution in [0.4, 0.5) is 10.8 Å². The molecule has 1 aromatic carbocycles. The number of nitrogens with one attached hydrogen (secondary N) is 1. The van der Waals surface area contributed by atoms with Crippen molar-refractivity contribution >= 4 is 32.4 Å². The van der Waals surface area contributed by atoms with Crippen LogP contribution in [0.1, 0.15) is 6.42 Å². The summed E-state index contributed by atoms with van der Waals surface area (Å²) in [6.07, 6.45) is 1.14. The highest BCUT2D eigenvalue weighted by Gasteiger charge is 2.15. The van der Waals surface area contributed by atoms with Gasteiger partial charge in [0.2, 0.25) is 0 Å². The summed E-state index contributed by atoms with van der Waals surface area (Å²) in [5.41, 5.74) is 7.55. The van der Waals surface area contributed by atoms with Crippen molar-refractivity contribution in [3.05, 3.63) is 18.2 Å². The van der Waals surface area contributed by atoms with E-state index >= 15 is 0 Å². The number of nitrogens with zero attached hydrogens (tertiary/aromatic N) is 1. The van der Waals surface area contributed by atoms with Crippen LogP contribution in [0.2, 0.25) is 0 Å². The third-order valence-electron chi connectivity index (χ3n) is 2.98. The first-order valence-corrected chi connectivity index (χ1v) is 6.60. The molecule has 0 amide bonds. The Kier molecular flexibility index (Phi) is 2.86. The molecular weight excluding hydrogens is 234 g/mol. The van der Waals surface area contributed by atoms with E-state index in [1.54, 1.807) is 11.3 Å². The molecule has 2 aromatic rings. The topological polar surface area (TPSA) is 60.2 Å². The maximum absolute atomic E-state index is 5.75. The number of thiazole rings is 1. The molecule has 0 aliphatic carbocycles. The zero-order valence-electron chi connectivity index (χ0n) is 9.48. The predicted molar refractivity (Wildman–Crippen MR) is 71.4 cm³/mol. The van der Waals surface area contributed by atoms with Crippen molar-refractivity contribution in [2.24, 2.45) is 5.92 Å².